The lowest BCUT2D eigenvalue weighted by Gasteiger charge is -2.41. The number of aromatic nitrogens is 1. The minimum absolute atomic E-state index is 0.175. The molecule has 0 bridgehead atoms. The van der Waals surface area contributed by atoms with Crippen LogP contribution in [0.4, 0.5) is 4.39 Å². The molecule has 0 spiro atoms. The number of hydrogen-bond acceptors (Lipinski definition) is 3. The van der Waals surface area contributed by atoms with Gasteiger partial charge in [-0.2, -0.15) is 0 Å². The first-order valence-electron chi connectivity index (χ1n) is 9.59. The Morgan fingerprint density at radius 3 is 2.56 bits per heavy atom. The predicted octanol–water partition coefficient (Wildman–Crippen LogP) is 3.93. The summed E-state index contributed by atoms with van der Waals surface area (Å²) in [6, 6.07) is 12.6. The van der Waals surface area contributed by atoms with Crippen LogP contribution in [0.1, 0.15) is 43.9 Å². The number of benzene rings is 1. The summed E-state index contributed by atoms with van der Waals surface area (Å²) in [5, 5.41) is 0. The molecule has 4 nitrogen and oxygen atoms in total. The molecule has 0 radical (unpaired) electrons. The molecular formula is C21H27FN2O2S. The standard InChI is InChI=1S/C21H27FN2O2S/c1-2-16-27(25,26)24-14-11-21(12-15-24,20-8-3-4-13-23-20)10-9-18-6-5-7-19(22)17-18/h3-8,13,17H,2,9-12,14-16H2,1H3. The third-order valence-corrected chi connectivity index (χ3v) is 7.60. The number of pyridine rings is 1. The largest absolute Gasteiger partial charge is 0.261 e. The van der Waals surface area contributed by atoms with Crippen LogP contribution < -0.4 is 0 Å². The van der Waals surface area contributed by atoms with E-state index in [4.69, 9.17) is 0 Å². The lowest BCUT2D eigenvalue weighted by molar-refractivity contribution is 0.215. The summed E-state index contributed by atoms with van der Waals surface area (Å²) in [5.74, 6) is -0.0211. The van der Waals surface area contributed by atoms with Crippen molar-refractivity contribution < 1.29 is 12.8 Å². The van der Waals surface area contributed by atoms with E-state index in [1.807, 2.05) is 31.2 Å². The maximum absolute atomic E-state index is 13.5. The highest BCUT2D eigenvalue weighted by molar-refractivity contribution is 7.89. The van der Waals surface area contributed by atoms with Crippen LogP contribution in [0.25, 0.3) is 0 Å². The van der Waals surface area contributed by atoms with Crippen molar-refractivity contribution in [2.45, 2.75) is 44.4 Å². The van der Waals surface area contributed by atoms with Crippen LogP contribution in [0, 0.1) is 5.82 Å². The summed E-state index contributed by atoms with van der Waals surface area (Å²) in [4.78, 5) is 4.59. The van der Waals surface area contributed by atoms with Crippen LogP contribution in [0.2, 0.25) is 0 Å². The fourth-order valence-corrected chi connectivity index (χ4v) is 5.48. The van der Waals surface area contributed by atoms with E-state index >= 15 is 0 Å². The molecule has 0 atom stereocenters. The normalized spacial score (nSPS) is 17.7. The summed E-state index contributed by atoms with van der Waals surface area (Å²) in [6.45, 7) is 2.92. The Labute approximate surface area is 161 Å². The van der Waals surface area contributed by atoms with Crippen LogP contribution in [-0.2, 0) is 21.9 Å². The number of halogens is 1. The van der Waals surface area contributed by atoms with Crippen LogP contribution in [0.15, 0.2) is 48.7 Å². The molecular weight excluding hydrogens is 363 g/mol. The Morgan fingerprint density at radius 2 is 1.93 bits per heavy atom. The number of aryl methyl sites for hydroxylation is 1. The van der Waals surface area contributed by atoms with Gasteiger partial charge in [-0.1, -0.05) is 25.1 Å². The third kappa shape index (κ3) is 4.74. The Kier molecular flexibility index (Phi) is 6.27. The lowest BCUT2D eigenvalue weighted by Crippen LogP contribution is -2.46. The number of nitrogens with zero attached hydrogens (tertiary/aromatic N) is 2. The van der Waals surface area contributed by atoms with Gasteiger partial charge in [0.1, 0.15) is 5.82 Å². The summed E-state index contributed by atoms with van der Waals surface area (Å²) in [5.41, 5.74) is 1.80. The molecule has 2 heterocycles. The number of hydrogen-bond donors (Lipinski definition) is 0. The quantitative estimate of drug-likeness (QED) is 0.720. The predicted molar refractivity (Wildman–Crippen MR) is 106 cm³/mol. The van der Waals surface area contributed by atoms with Gasteiger partial charge in [0.15, 0.2) is 0 Å². The monoisotopic (exact) mass is 390 g/mol. The number of piperidine rings is 1. The van der Waals surface area contributed by atoms with Gasteiger partial charge in [0.05, 0.1) is 5.75 Å². The molecule has 0 saturated carbocycles. The Bertz CT molecular complexity index is 847. The van der Waals surface area contributed by atoms with Gasteiger partial charge in [-0.15, -0.1) is 0 Å². The van der Waals surface area contributed by atoms with Crippen molar-refractivity contribution in [3.63, 3.8) is 0 Å². The van der Waals surface area contributed by atoms with E-state index in [2.05, 4.69) is 4.98 Å². The van der Waals surface area contributed by atoms with E-state index in [0.29, 0.717) is 19.5 Å². The number of sulfonamides is 1. The molecule has 0 amide bonds. The van der Waals surface area contributed by atoms with Gasteiger partial charge in [0.25, 0.3) is 0 Å². The fourth-order valence-electron chi connectivity index (χ4n) is 3.97. The van der Waals surface area contributed by atoms with Crippen molar-refractivity contribution >= 4 is 10.0 Å². The van der Waals surface area contributed by atoms with E-state index in [-0.39, 0.29) is 17.0 Å². The molecule has 2 aromatic rings. The van der Waals surface area contributed by atoms with Gasteiger partial charge in [-0.25, -0.2) is 17.1 Å². The molecule has 6 heteroatoms. The van der Waals surface area contributed by atoms with Crippen LogP contribution in [0.3, 0.4) is 0 Å². The van der Waals surface area contributed by atoms with Crippen molar-refractivity contribution in [1.29, 1.82) is 0 Å². The molecule has 1 aromatic heterocycles. The minimum Gasteiger partial charge on any atom is -0.261 e. The number of rotatable bonds is 7. The van der Waals surface area contributed by atoms with Crippen molar-refractivity contribution in [3.8, 4) is 0 Å². The molecule has 146 valence electrons. The lowest BCUT2D eigenvalue weighted by atomic mass is 9.72. The molecule has 1 aliphatic rings. The second-order valence-electron chi connectivity index (χ2n) is 7.34. The molecule has 1 aliphatic heterocycles. The maximum Gasteiger partial charge on any atom is 0.214 e. The third-order valence-electron chi connectivity index (χ3n) is 5.52. The topological polar surface area (TPSA) is 50.3 Å². The van der Waals surface area contributed by atoms with E-state index in [1.54, 1.807) is 22.6 Å². The van der Waals surface area contributed by atoms with Gasteiger partial charge in [-0.3, -0.25) is 4.98 Å². The summed E-state index contributed by atoms with van der Waals surface area (Å²) in [6.07, 6.45) is 5.47. The maximum atomic E-state index is 13.5. The first-order valence-corrected chi connectivity index (χ1v) is 11.2. The average Bonchev–Trinajstić information content (AvgIpc) is 2.67. The molecule has 0 unspecified atom stereocenters. The van der Waals surface area contributed by atoms with Gasteiger partial charge in [0.2, 0.25) is 10.0 Å². The molecule has 1 saturated heterocycles. The van der Waals surface area contributed by atoms with Gasteiger partial charge >= 0.3 is 0 Å². The molecule has 27 heavy (non-hydrogen) atoms. The Balaban J connectivity index is 1.79. The zero-order valence-corrected chi connectivity index (χ0v) is 16.6. The van der Waals surface area contributed by atoms with Crippen molar-refractivity contribution in [2.75, 3.05) is 18.8 Å². The van der Waals surface area contributed by atoms with Crippen molar-refractivity contribution in [1.82, 2.24) is 9.29 Å². The van der Waals surface area contributed by atoms with Crippen molar-refractivity contribution in [2.24, 2.45) is 0 Å². The van der Waals surface area contributed by atoms with E-state index < -0.39 is 10.0 Å². The SMILES string of the molecule is CCCS(=O)(=O)N1CCC(CCc2cccc(F)c2)(c2ccccn2)CC1. The summed E-state index contributed by atoms with van der Waals surface area (Å²) >= 11 is 0. The molecule has 1 fully saturated rings. The zero-order chi connectivity index (χ0) is 19.3. The molecule has 3 rings (SSSR count). The van der Waals surface area contributed by atoms with Crippen molar-refractivity contribution in [3.05, 3.63) is 65.7 Å². The molecule has 1 aromatic carbocycles. The zero-order valence-electron chi connectivity index (χ0n) is 15.8. The second-order valence-corrected chi connectivity index (χ2v) is 9.43. The highest BCUT2D eigenvalue weighted by atomic mass is 32.2. The highest BCUT2D eigenvalue weighted by Crippen LogP contribution is 2.39. The van der Waals surface area contributed by atoms with Gasteiger partial charge in [-0.05, 0) is 61.9 Å². The Morgan fingerprint density at radius 1 is 1.15 bits per heavy atom. The van der Waals surface area contributed by atoms with E-state index in [0.717, 1.165) is 36.9 Å². The van der Waals surface area contributed by atoms with Crippen LogP contribution in [0.5, 0.6) is 0 Å². The summed E-state index contributed by atoms with van der Waals surface area (Å²) in [7, 11) is -3.18. The molecule has 0 aliphatic carbocycles. The smallest absolute Gasteiger partial charge is 0.214 e. The van der Waals surface area contributed by atoms with Crippen LogP contribution >= 0.6 is 0 Å². The van der Waals surface area contributed by atoms with Gasteiger partial charge in [0, 0.05) is 30.4 Å². The Hall–Kier alpha value is -1.79. The highest BCUT2D eigenvalue weighted by Gasteiger charge is 2.39. The van der Waals surface area contributed by atoms with E-state index in [9.17, 15) is 12.8 Å². The van der Waals surface area contributed by atoms with Crippen LogP contribution in [-0.4, -0.2) is 36.5 Å². The summed E-state index contributed by atoms with van der Waals surface area (Å²) < 4.78 is 40.0. The fraction of sp³-hybridized carbons (Fsp3) is 0.476. The first kappa shape index (κ1) is 20.0. The average molecular weight is 391 g/mol. The first-order chi connectivity index (χ1) is 13.0. The minimum atomic E-state index is -3.18. The van der Waals surface area contributed by atoms with Gasteiger partial charge < -0.3 is 0 Å². The van der Waals surface area contributed by atoms with E-state index in [1.165, 1.54) is 6.07 Å². The second kappa shape index (κ2) is 8.48. The molecule has 0 N–H and O–H groups in total.